The molecular formula is C58H38N4O2. The fraction of sp³-hybridized carbons (Fsp3) is 0.0345. The van der Waals surface area contributed by atoms with Crippen LogP contribution in [0.2, 0.25) is 0 Å². The van der Waals surface area contributed by atoms with Crippen molar-refractivity contribution in [3.8, 4) is 45.5 Å². The Morgan fingerprint density at radius 2 is 0.938 bits per heavy atom. The molecule has 0 saturated carbocycles. The predicted molar refractivity (Wildman–Crippen MR) is 265 cm³/mol. The van der Waals surface area contributed by atoms with Crippen LogP contribution in [0, 0.1) is 0 Å². The van der Waals surface area contributed by atoms with Crippen LogP contribution in [-0.4, -0.2) is 33.3 Å². The molecule has 6 heteroatoms. The zero-order valence-electron chi connectivity index (χ0n) is 35.1. The number of aromatic nitrogens is 4. The van der Waals surface area contributed by atoms with Crippen LogP contribution in [0.4, 0.5) is 0 Å². The normalized spacial score (nSPS) is 11.9. The van der Waals surface area contributed by atoms with E-state index in [1.54, 1.807) is 14.2 Å². The minimum atomic E-state index is 0.809. The van der Waals surface area contributed by atoms with Crippen LogP contribution in [0.15, 0.2) is 194 Å². The summed E-state index contributed by atoms with van der Waals surface area (Å²) >= 11 is 0. The second-order valence-electron chi connectivity index (χ2n) is 16.4. The molecule has 0 amide bonds. The maximum atomic E-state index is 5.67. The first-order valence-electron chi connectivity index (χ1n) is 21.5. The quantitative estimate of drug-likeness (QED) is 0.124. The van der Waals surface area contributed by atoms with Gasteiger partial charge in [0.05, 0.1) is 53.9 Å². The second kappa shape index (κ2) is 14.0. The first-order chi connectivity index (χ1) is 31.7. The Kier molecular flexibility index (Phi) is 7.93. The fourth-order valence-corrected chi connectivity index (χ4v) is 10.2. The molecule has 0 N–H and O–H groups in total. The molecule has 0 saturated heterocycles. The van der Waals surface area contributed by atoms with E-state index in [2.05, 4.69) is 191 Å². The number of methoxy groups -OCH3 is 2. The smallest absolute Gasteiger partial charge is 0.145 e. The molecule has 0 atom stereocenters. The van der Waals surface area contributed by atoms with Crippen molar-refractivity contribution in [3.05, 3.63) is 194 Å². The molecule has 0 unspecified atom stereocenters. The van der Waals surface area contributed by atoms with E-state index < -0.39 is 0 Å². The van der Waals surface area contributed by atoms with Gasteiger partial charge in [0, 0.05) is 49.1 Å². The van der Waals surface area contributed by atoms with Crippen molar-refractivity contribution >= 4 is 86.7 Å². The van der Waals surface area contributed by atoms with Gasteiger partial charge in [0.1, 0.15) is 17.3 Å². The maximum Gasteiger partial charge on any atom is 0.145 e. The zero-order chi connectivity index (χ0) is 42.5. The van der Waals surface area contributed by atoms with Crippen LogP contribution in [0.3, 0.4) is 0 Å². The predicted octanol–water partition coefficient (Wildman–Crippen LogP) is 14.6. The lowest BCUT2D eigenvalue weighted by molar-refractivity contribution is 0.415. The molecule has 0 fully saturated rings. The van der Waals surface area contributed by atoms with Crippen LogP contribution in [0.5, 0.6) is 11.5 Å². The number of benzene rings is 10. The molecule has 0 aliphatic heterocycles. The van der Waals surface area contributed by atoms with Crippen molar-refractivity contribution in [1.82, 2.24) is 19.1 Å². The van der Waals surface area contributed by atoms with Gasteiger partial charge in [0.25, 0.3) is 0 Å². The highest BCUT2D eigenvalue weighted by Crippen LogP contribution is 2.44. The van der Waals surface area contributed by atoms with E-state index in [0.717, 1.165) is 99.9 Å². The minimum absolute atomic E-state index is 0.809. The second-order valence-corrected chi connectivity index (χ2v) is 16.4. The van der Waals surface area contributed by atoms with E-state index in [1.165, 1.54) is 32.3 Å². The molecule has 6 nitrogen and oxygen atoms in total. The van der Waals surface area contributed by atoms with Crippen LogP contribution in [0.1, 0.15) is 0 Å². The van der Waals surface area contributed by atoms with Crippen molar-refractivity contribution in [2.75, 3.05) is 14.2 Å². The molecule has 0 radical (unpaired) electrons. The number of nitrogens with zero attached hydrogens (tertiary/aromatic N) is 4. The average Bonchev–Trinajstić information content (AvgIpc) is 3.92. The molecular weight excluding hydrogens is 785 g/mol. The van der Waals surface area contributed by atoms with Crippen LogP contribution < -0.4 is 9.47 Å². The number of fused-ring (bicyclic) bond motifs is 12. The van der Waals surface area contributed by atoms with Gasteiger partial charge in [-0.05, 0) is 99.0 Å². The highest BCUT2D eigenvalue weighted by atomic mass is 16.5. The van der Waals surface area contributed by atoms with Crippen molar-refractivity contribution in [1.29, 1.82) is 0 Å². The van der Waals surface area contributed by atoms with E-state index in [4.69, 9.17) is 19.4 Å². The Morgan fingerprint density at radius 1 is 0.422 bits per heavy atom. The topological polar surface area (TPSA) is 54.1 Å². The first kappa shape index (κ1) is 36.2. The third-order valence-corrected chi connectivity index (χ3v) is 13.1. The summed E-state index contributed by atoms with van der Waals surface area (Å²) in [5.74, 6) is 2.46. The van der Waals surface area contributed by atoms with E-state index in [9.17, 15) is 0 Å². The molecule has 0 bridgehead atoms. The largest absolute Gasteiger partial charge is 0.497 e. The standard InChI is InChI=1S/C58H38N4O2/c1-63-39-27-29-51-49(32-39)50-33-40(64-2)28-30-52(50)61(51)38-25-23-35(24-26-38)58-60-56-46-20-10-7-17-43(46)44-18-8-12-22-48(44)57(56)62(58)53-34-59-55(47-21-11-9-19-45(47)53)54-41-15-5-3-13-36(41)31-37-14-4-6-16-42(37)54/h3-34H,1-2H3. The van der Waals surface area contributed by atoms with Gasteiger partial charge in [-0.3, -0.25) is 9.55 Å². The van der Waals surface area contributed by atoms with E-state index in [1.807, 2.05) is 12.1 Å². The van der Waals surface area contributed by atoms with E-state index in [0.29, 0.717) is 0 Å². The van der Waals surface area contributed by atoms with Crippen molar-refractivity contribution < 1.29 is 9.47 Å². The number of rotatable bonds is 6. The van der Waals surface area contributed by atoms with Crippen molar-refractivity contribution in [2.24, 2.45) is 0 Å². The lowest BCUT2D eigenvalue weighted by atomic mass is 9.92. The number of imidazole rings is 1. The Balaban J connectivity index is 1.09. The zero-order valence-corrected chi connectivity index (χ0v) is 35.1. The molecule has 13 aromatic rings. The van der Waals surface area contributed by atoms with Crippen molar-refractivity contribution in [3.63, 3.8) is 0 Å². The highest BCUT2D eigenvalue weighted by molar-refractivity contribution is 6.25. The molecule has 0 aliphatic rings. The summed E-state index contributed by atoms with van der Waals surface area (Å²) in [6.45, 7) is 0. The lowest BCUT2D eigenvalue weighted by Gasteiger charge is -2.18. The average molecular weight is 823 g/mol. The highest BCUT2D eigenvalue weighted by Gasteiger charge is 2.24. The van der Waals surface area contributed by atoms with Crippen LogP contribution in [0.25, 0.3) is 121 Å². The van der Waals surface area contributed by atoms with Gasteiger partial charge in [-0.2, -0.15) is 0 Å². The van der Waals surface area contributed by atoms with Gasteiger partial charge in [0.2, 0.25) is 0 Å². The Morgan fingerprint density at radius 3 is 1.55 bits per heavy atom. The van der Waals surface area contributed by atoms with E-state index >= 15 is 0 Å². The van der Waals surface area contributed by atoms with E-state index in [-0.39, 0.29) is 0 Å². The number of hydrogen-bond donors (Lipinski definition) is 0. The molecule has 3 aromatic heterocycles. The third-order valence-electron chi connectivity index (χ3n) is 13.1. The molecule has 302 valence electrons. The van der Waals surface area contributed by atoms with Gasteiger partial charge < -0.3 is 14.0 Å². The first-order valence-corrected chi connectivity index (χ1v) is 21.5. The maximum absolute atomic E-state index is 5.67. The van der Waals surface area contributed by atoms with Gasteiger partial charge in [-0.15, -0.1) is 0 Å². The number of ether oxygens (including phenoxy) is 2. The van der Waals surface area contributed by atoms with Gasteiger partial charge in [0.15, 0.2) is 0 Å². The van der Waals surface area contributed by atoms with Crippen LogP contribution in [-0.2, 0) is 0 Å². The van der Waals surface area contributed by atoms with Gasteiger partial charge >= 0.3 is 0 Å². The summed E-state index contributed by atoms with van der Waals surface area (Å²) in [5.41, 5.74) is 9.26. The monoisotopic (exact) mass is 822 g/mol. The number of hydrogen-bond acceptors (Lipinski definition) is 4. The SMILES string of the molecule is COc1ccc2c(c1)c1cc(OC)ccc1n2-c1ccc(-c2nc3c4ccccc4c4ccccc4c3n2-c2cnc(-c3c4ccccc4cc4ccccc34)c3ccccc23)cc1. The van der Waals surface area contributed by atoms with Crippen LogP contribution >= 0.6 is 0 Å². The van der Waals surface area contributed by atoms with Gasteiger partial charge in [-0.25, -0.2) is 4.98 Å². The molecule has 0 aliphatic carbocycles. The summed E-state index contributed by atoms with van der Waals surface area (Å²) in [6.07, 6.45) is 2.07. The lowest BCUT2D eigenvalue weighted by Crippen LogP contribution is -2.02. The summed E-state index contributed by atoms with van der Waals surface area (Å²) in [5, 5.41) is 13.7. The Hall–Kier alpha value is -8.48. The fourth-order valence-electron chi connectivity index (χ4n) is 10.2. The summed E-state index contributed by atoms with van der Waals surface area (Å²) in [7, 11) is 3.41. The Bertz CT molecular complexity index is 3940. The molecule has 3 heterocycles. The molecule has 64 heavy (non-hydrogen) atoms. The molecule has 13 rings (SSSR count). The molecule has 10 aromatic carbocycles. The summed E-state index contributed by atoms with van der Waals surface area (Å²) in [4.78, 5) is 11.1. The number of pyridine rings is 1. The molecule has 0 spiro atoms. The van der Waals surface area contributed by atoms with Crippen molar-refractivity contribution in [2.45, 2.75) is 0 Å². The Labute approximate surface area is 367 Å². The summed E-state index contributed by atoms with van der Waals surface area (Å²) < 4.78 is 16.0. The summed E-state index contributed by atoms with van der Waals surface area (Å²) in [6, 6.07) is 67.0. The van der Waals surface area contributed by atoms with Gasteiger partial charge in [-0.1, -0.05) is 121 Å². The minimum Gasteiger partial charge on any atom is -0.497 e. The third kappa shape index (κ3) is 5.26.